The molecule has 0 spiro atoms. The Labute approximate surface area is 167 Å². The van der Waals surface area contributed by atoms with Gasteiger partial charge >= 0.3 is 0 Å². The summed E-state index contributed by atoms with van der Waals surface area (Å²) in [6.07, 6.45) is 2.99. The summed E-state index contributed by atoms with van der Waals surface area (Å²) in [5, 5.41) is 8.77. The van der Waals surface area contributed by atoms with Gasteiger partial charge in [-0.25, -0.2) is 4.98 Å². The van der Waals surface area contributed by atoms with E-state index in [-0.39, 0.29) is 17.9 Å². The number of hydrogen-bond acceptors (Lipinski definition) is 4. The second-order valence-corrected chi connectivity index (χ2v) is 7.97. The van der Waals surface area contributed by atoms with E-state index < -0.39 is 0 Å². The van der Waals surface area contributed by atoms with Crippen LogP contribution in [-0.2, 0) is 11.2 Å². The number of benzene rings is 1. The molecule has 6 nitrogen and oxygen atoms in total. The number of aryl methyl sites for hydroxylation is 2. The van der Waals surface area contributed by atoms with Gasteiger partial charge in [-0.3, -0.25) is 14.2 Å². The molecule has 2 aromatic heterocycles. The normalized spacial score (nSPS) is 14.3. The predicted molar refractivity (Wildman–Crippen MR) is 110 cm³/mol. The van der Waals surface area contributed by atoms with E-state index in [2.05, 4.69) is 21.7 Å². The van der Waals surface area contributed by atoms with Crippen molar-refractivity contribution in [2.45, 2.75) is 39.7 Å². The van der Waals surface area contributed by atoms with Crippen molar-refractivity contribution in [2.24, 2.45) is 0 Å². The smallest absolute Gasteiger partial charge is 0.253 e. The van der Waals surface area contributed by atoms with E-state index in [0.29, 0.717) is 12.0 Å². The molecule has 0 saturated heterocycles. The van der Waals surface area contributed by atoms with Crippen molar-refractivity contribution in [1.82, 2.24) is 14.9 Å². The Morgan fingerprint density at radius 2 is 2.11 bits per heavy atom. The molecule has 144 valence electrons. The standard InChI is InChI=1S/C21H22N4O2S/c1-12-10-17(14(3)25(12)21-22-8-9-28-21)20(27)23-13(2)15-4-6-18-16(11-15)5-7-19(26)24-18/h4,6,8-11,13H,5,7H2,1-3H3,(H,23,27)(H,24,26). The molecule has 7 heteroatoms. The van der Waals surface area contributed by atoms with Gasteiger partial charge in [0.2, 0.25) is 5.91 Å². The maximum atomic E-state index is 12.9. The highest BCUT2D eigenvalue weighted by molar-refractivity contribution is 7.12. The monoisotopic (exact) mass is 394 g/mol. The number of anilines is 1. The zero-order valence-electron chi connectivity index (χ0n) is 16.1. The maximum absolute atomic E-state index is 12.9. The van der Waals surface area contributed by atoms with E-state index >= 15 is 0 Å². The first-order valence-electron chi connectivity index (χ1n) is 9.26. The lowest BCUT2D eigenvalue weighted by Gasteiger charge is -2.20. The third-order valence-corrected chi connectivity index (χ3v) is 5.92. The van der Waals surface area contributed by atoms with Gasteiger partial charge in [-0.15, -0.1) is 11.3 Å². The molecule has 0 aliphatic carbocycles. The Kier molecular flexibility index (Phi) is 4.77. The Balaban J connectivity index is 1.54. The number of rotatable bonds is 4. The van der Waals surface area contributed by atoms with Gasteiger partial charge in [0.25, 0.3) is 5.91 Å². The minimum absolute atomic E-state index is 0.0530. The molecule has 2 amide bonds. The molecule has 2 N–H and O–H groups in total. The maximum Gasteiger partial charge on any atom is 0.253 e. The summed E-state index contributed by atoms with van der Waals surface area (Å²) >= 11 is 1.54. The number of nitrogens with one attached hydrogen (secondary N) is 2. The van der Waals surface area contributed by atoms with Crippen molar-refractivity contribution in [1.29, 1.82) is 0 Å². The van der Waals surface area contributed by atoms with Gasteiger partial charge in [-0.2, -0.15) is 0 Å². The molecule has 28 heavy (non-hydrogen) atoms. The summed E-state index contributed by atoms with van der Waals surface area (Å²) in [5.74, 6) is -0.0494. The second kappa shape index (κ2) is 7.24. The quantitative estimate of drug-likeness (QED) is 0.704. The average Bonchev–Trinajstić information content (AvgIpc) is 3.28. The van der Waals surface area contributed by atoms with E-state index in [0.717, 1.165) is 39.8 Å². The van der Waals surface area contributed by atoms with Gasteiger partial charge < -0.3 is 10.6 Å². The number of carbonyl (C=O) groups excluding carboxylic acids is 2. The first-order valence-corrected chi connectivity index (χ1v) is 10.1. The Morgan fingerprint density at radius 1 is 1.29 bits per heavy atom. The van der Waals surface area contributed by atoms with Crippen LogP contribution in [0, 0.1) is 13.8 Å². The number of aromatic nitrogens is 2. The van der Waals surface area contributed by atoms with E-state index in [1.165, 1.54) is 0 Å². The van der Waals surface area contributed by atoms with Crippen LogP contribution in [0.3, 0.4) is 0 Å². The van der Waals surface area contributed by atoms with Gasteiger partial charge in [0.1, 0.15) is 0 Å². The summed E-state index contributed by atoms with van der Waals surface area (Å²) in [7, 11) is 0. The Hall–Kier alpha value is -2.93. The van der Waals surface area contributed by atoms with Crippen molar-refractivity contribution >= 4 is 28.8 Å². The molecule has 1 aromatic carbocycles. The molecular weight excluding hydrogens is 372 g/mol. The van der Waals surface area contributed by atoms with Crippen LogP contribution in [0.2, 0.25) is 0 Å². The number of carbonyl (C=O) groups is 2. The van der Waals surface area contributed by atoms with Crippen LogP contribution in [0.25, 0.3) is 5.13 Å². The third kappa shape index (κ3) is 3.33. The van der Waals surface area contributed by atoms with Gasteiger partial charge in [-0.1, -0.05) is 12.1 Å². The molecule has 3 heterocycles. The van der Waals surface area contributed by atoms with E-state index in [4.69, 9.17) is 0 Å². The SMILES string of the molecule is Cc1cc(C(=O)NC(C)c2ccc3c(c2)CCC(=O)N3)c(C)n1-c1nccs1. The lowest BCUT2D eigenvalue weighted by atomic mass is 9.97. The number of thiazole rings is 1. The van der Waals surface area contributed by atoms with Crippen LogP contribution in [0.4, 0.5) is 5.69 Å². The largest absolute Gasteiger partial charge is 0.345 e. The molecule has 0 bridgehead atoms. The lowest BCUT2D eigenvalue weighted by molar-refractivity contribution is -0.116. The summed E-state index contributed by atoms with van der Waals surface area (Å²) in [6, 6.07) is 7.70. The van der Waals surface area contributed by atoms with Crippen LogP contribution < -0.4 is 10.6 Å². The number of amides is 2. The molecule has 1 unspecified atom stereocenters. The molecule has 0 saturated carbocycles. The zero-order valence-corrected chi connectivity index (χ0v) is 16.9. The predicted octanol–water partition coefficient (Wildman–Crippen LogP) is 3.93. The molecule has 0 radical (unpaired) electrons. The van der Waals surface area contributed by atoms with Crippen molar-refractivity contribution in [3.63, 3.8) is 0 Å². The highest BCUT2D eigenvalue weighted by Crippen LogP contribution is 2.27. The van der Waals surface area contributed by atoms with Crippen LogP contribution in [-0.4, -0.2) is 21.4 Å². The number of fused-ring (bicyclic) bond motifs is 1. The highest BCUT2D eigenvalue weighted by Gasteiger charge is 2.21. The number of nitrogens with zero attached hydrogens (tertiary/aromatic N) is 2. The number of hydrogen-bond donors (Lipinski definition) is 2. The molecular formula is C21H22N4O2S. The van der Waals surface area contributed by atoms with Crippen LogP contribution in [0.5, 0.6) is 0 Å². The van der Waals surface area contributed by atoms with E-state index in [9.17, 15) is 9.59 Å². The molecule has 0 fully saturated rings. The van der Waals surface area contributed by atoms with Gasteiger partial charge in [-0.05, 0) is 50.5 Å². The summed E-state index contributed by atoms with van der Waals surface area (Å²) in [4.78, 5) is 28.8. The second-order valence-electron chi connectivity index (χ2n) is 7.09. The van der Waals surface area contributed by atoms with Gasteiger partial charge in [0.15, 0.2) is 5.13 Å². The Morgan fingerprint density at radius 3 is 2.86 bits per heavy atom. The summed E-state index contributed by atoms with van der Waals surface area (Å²) < 4.78 is 2.01. The fourth-order valence-corrected chi connectivity index (χ4v) is 4.40. The molecule has 1 aliphatic rings. The third-order valence-electron chi connectivity index (χ3n) is 5.16. The summed E-state index contributed by atoms with van der Waals surface area (Å²) in [5.41, 5.74) is 5.52. The van der Waals surface area contributed by atoms with Crippen LogP contribution >= 0.6 is 11.3 Å². The minimum atomic E-state index is -0.140. The highest BCUT2D eigenvalue weighted by atomic mass is 32.1. The molecule has 4 rings (SSSR count). The zero-order chi connectivity index (χ0) is 19.8. The van der Waals surface area contributed by atoms with E-state index in [1.54, 1.807) is 17.5 Å². The van der Waals surface area contributed by atoms with Gasteiger partial charge in [0.05, 0.1) is 11.6 Å². The van der Waals surface area contributed by atoms with Crippen molar-refractivity contribution in [2.75, 3.05) is 5.32 Å². The topological polar surface area (TPSA) is 76.0 Å². The first kappa shape index (κ1) is 18.4. The van der Waals surface area contributed by atoms with E-state index in [1.807, 2.05) is 48.9 Å². The summed E-state index contributed by atoms with van der Waals surface area (Å²) in [6.45, 7) is 5.89. The fourth-order valence-electron chi connectivity index (χ4n) is 3.64. The van der Waals surface area contributed by atoms with Crippen LogP contribution in [0.1, 0.15) is 52.3 Å². The fraction of sp³-hybridized carbons (Fsp3) is 0.286. The molecule has 1 atom stereocenters. The molecule has 1 aliphatic heterocycles. The first-order chi connectivity index (χ1) is 13.4. The van der Waals surface area contributed by atoms with Crippen LogP contribution in [0.15, 0.2) is 35.8 Å². The Bertz CT molecular complexity index is 1050. The van der Waals surface area contributed by atoms with Crippen molar-refractivity contribution in [3.8, 4) is 5.13 Å². The lowest BCUT2D eigenvalue weighted by Crippen LogP contribution is -2.27. The van der Waals surface area contributed by atoms with Crippen molar-refractivity contribution in [3.05, 3.63) is 63.9 Å². The van der Waals surface area contributed by atoms with Gasteiger partial charge in [0, 0.05) is 35.1 Å². The molecule has 3 aromatic rings. The average molecular weight is 395 g/mol. The van der Waals surface area contributed by atoms with Crippen molar-refractivity contribution < 1.29 is 9.59 Å². The minimum Gasteiger partial charge on any atom is -0.345 e.